The maximum atomic E-state index is 13.7. The van der Waals surface area contributed by atoms with Gasteiger partial charge in [-0.15, -0.1) is 0 Å². The number of nitrogens with one attached hydrogen (secondary N) is 1. The van der Waals surface area contributed by atoms with E-state index in [0.29, 0.717) is 34.5 Å². The van der Waals surface area contributed by atoms with Crippen LogP contribution in [-0.2, 0) is 16.0 Å². The predicted octanol–water partition coefficient (Wildman–Crippen LogP) is 6.70. The monoisotopic (exact) mass is 565 g/mol. The van der Waals surface area contributed by atoms with Crippen molar-refractivity contribution >= 4 is 52.5 Å². The molecule has 3 aromatic rings. The van der Waals surface area contributed by atoms with Crippen molar-refractivity contribution in [3.05, 3.63) is 105 Å². The highest BCUT2D eigenvalue weighted by atomic mass is 35.5. The first-order chi connectivity index (χ1) is 18.3. The zero-order valence-electron chi connectivity index (χ0n) is 20.8. The number of carbonyl (C=O) groups excluding carboxylic acids is 2. The second-order valence-electron chi connectivity index (χ2n) is 8.59. The van der Waals surface area contributed by atoms with Gasteiger partial charge in [-0.25, -0.2) is 0 Å². The minimum absolute atomic E-state index is 0.133. The summed E-state index contributed by atoms with van der Waals surface area (Å²) in [7, 11) is 0. The maximum Gasteiger partial charge on any atom is 0.265 e. The minimum atomic E-state index is -0.589. The molecule has 2 unspecified atom stereocenters. The summed E-state index contributed by atoms with van der Waals surface area (Å²) in [5.41, 5.74) is 2.08. The number of benzene rings is 3. The molecule has 1 aliphatic heterocycles. The number of nitriles is 1. The molecular formula is C29H25Cl2N3O3S. The van der Waals surface area contributed by atoms with Crippen LogP contribution in [-0.4, -0.2) is 23.7 Å². The maximum absolute atomic E-state index is 13.7. The zero-order chi connectivity index (χ0) is 27.2. The number of rotatable bonds is 8. The summed E-state index contributed by atoms with van der Waals surface area (Å²) in [6.45, 7) is 4.23. The highest BCUT2D eigenvalue weighted by molar-refractivity contribution is 8.05. The lowest BCUT2D eigenvalue weighted by molar-refractivity contribution is -0.117. The molecule has 0 spiro atoms. The van der Waals surface area contributed by atoms with E-state index in [1.807, 2.05) is 50.2 Å². The van der Waals surface area contributed by atoms with Crippen molar-refractivity contribution in [3.8, 4) is 11.8 Å². The Morgan fingerprint density at radius 3 is 2.37 bits per heavy atom. The highest BCUT2D eigenvalue weighted by Crippen LogP contribution is 2.42. The van der Waals surface area contributed by atoms with Crippen molar-refractivity contribution in [2.45, 2.75) is 31.6 Å². The van der Waals surface area contributed by atoms with E-state index in [2.05, 4.69) is 5.32 Å². The first-order valence-corrected chi connectivity index (χ1v) is 13.6. The predicted molar refractivity (Wildman–Crippen MR) is 152 cm³/mol. The summed E-state index contributed by atoms with van der Waals surface area (Å²) in [4.78, 5) is 28.5. The molecule has 0 bridgehead atoms. The summed E-state index contributed by atoms with van der Waals surface area (Å²) >= 11 is 13.5. The Hall–Kier alpha value is -3.44. The molecule has 0 aromatic heterocycles. The van der Waals surface area contributed by atoms with Gasteiger partial charge < -0.3 is 10.1 Å². The molecule has 1 fully saturated rings. The molecule has 1 saturated heterocycles. The molecule has 4 rings (SSSR count). The van der Waals surface area contributed by atoms with Gasteiger partial charge in [0.1, 0.15) is 22.4 Å². The van der Waals surface area contributed by atoms with E-state index >= 15 is 0 Å². The lowest BCUT2D eigenvalue weighted by atomic mass is 10.1. The van der Waals surface area contributed by atoms with Gasteiger partial charge in [-0.3, -0.25) is 14.5 Å². The van der Waals surface area contributed by atoms with Gasteiger partial charge in [-0.2, -0.15) is 5.26 Å². The largest absolute Gasteiger partial charge is 0.494 e. The second kappa shape index (κ2) is 12.4. The highest BCUT2D eigenvalue weighted by Gasteiger charge is 2.41. The van der Waals surface area contributed by atoms with Crippen LogP contribution in [0.5, 0.6) is 5.75 Å². The summed E-state index contributed by atoms with van der Waals surface area (Å²) in [6, 6.07) is 23.3. The van der Waals surface area contributed by atoms with E-state index in [0.717, 1.165) is 11.1 Å². The molecule has 2 atom stereocenters. The Morgan fingerprint density at radius 1 is 1.11 bits per heavy atom. The molecule has 3 aromatic carbocycles. The fraction of sp³-hybridized carbons (Fsp3) is 0.207. The topological polar surface area (TPSA) is 82.4 Å². The Balaban J connectivity index is 1.70. The van der Waals surface area contributed by atoms with Crippen LogP contribution in [0.25, 0.3) is 0 Å². The van der Waals surface area contributed by atoms with Gasteiger partial charge in [0, 0.05) is 15.7 Å². The van der Waals surface area contributed by atoms with E-state index in [9.17, 15) is 14.9 Å². The van der Waals surface area contributed by atoms with Gasteiger partial charge >= 0.3 is 0 Å². The molecule has 6 nitrogen and oxygen atoms in total. The normalized spacial score (nSPS) is 17.1. The van der Waals surface area contributed by atoms with E-state index in [1.165, 1.54) is 16.7 Å². The Bertz CT molecular complexity index is 1380. The number of thioether (sulfide) groups is 1. The molecular weight excluding hydrogens is 541 g/mol. The first-order valence-electron chi connectivity index (χ1n) is 12.0. The number of amides is 2. The van der Waals surface area contributed by atoms with E-state index in [4.69, 9.17) is 27.9 Å². The van der Waals surface area contributed by atoms with Crippen LogP contribution >= 0.6 is 35.0 Å². The molecule has 0 radical (unpaired) electrons. The third-order valence-corrected chi connectivity index (χ3v) is 7.60. The molecule has 1 N–H and O–H groups in total. The SMILES string of the molecule is CCOc1ccc(N2C(=O)C(Cc3cc(Cl)cc(Cl)c3)S/C2=C(/C#N)C(=O)NC(C)c2ccccc2)cc1. The first kappa shape index (κ1) is 27.6. The van der Waals surface area contributed by atoms with Crippen LogP contribution in [0.3, 0.4) is 0 Å². The summed E-state index contributed by atoms with van der Waals surface area (Å²) in [5.74, 6) is -0.149. The molecule has 0 saturated carbocycles. The number of halogens is 2. The zero-order valence-corrected chi connectivity index (χ0v) is 23.1. The van der Waals surface area contributed by atoms with Crippen molar-refractivity contribution in [1.82, 2.24) is 5.32 Å². The average molecular weight is 567 g/mol. The van der Waals surface area contributed by atoms with Crippen LogP contribution in [0.15, 0.2) is 83.4 Å². The fourth-order valence-electron chi connectivity index (χ4n) is 4.12. The Morgan fingerprint density at radius 2 is 1.76 bits per heavy atom. The van der Waals surface area contributed by atoms with E-state index in [1.54, 1.807) is 42.5 Å². The van der Waals surface area contributed by atoms with Gasteiger partial charge in [0.15, 0.2) is 0 Å². The summed E-state index contributed by atoms with van der Waals surface area (Å²) < 4.78 is 5.53. The van der Waals surface area contributed by atoms with Gasteiger partial charge in [0.2, 0.25) is 5.91 Å². The van der Waals surface area contributed by atoms with Gasteiger partial charge in [0.25, 0.3) is 5.91 Å². The van der Waals surface area contributed by atoms with Gasteiger partial charge in [0.05, 0.1) is 17.9 Å². The quantitative estimate of drug-likeness (QED) is 0.243. The number of hydrogen-bond acceptors (Lipinski definition) is 5. The van der Waals surface area contributed by atoms with Crippen LogP contribution < -0.4 is 15.0 Å². The number of ether oxygens (including phenoxy) is 1. The third kappa shape index (κ3) is 6.33. The smallest absolute Gasteiger partial charge is 0.265 e. The summed E-state index contributed by atoms with van der Waals surface area (Å²) in [5, 5.41) is 13.6. The van der Waals surface area contributed by atoms with Crippen LogP contribution in [0.1, 0.15) is 31.0 Å². The van der Waals surface area contributed by atoms with Crippen molar-refractivity contribution in [1.29, 1.82) is 5.26 Å². The number of nitrogens with zero attached hydrogens (tertiary/aromatic N) is 2. The van der Waals surface area contributed by atoms with Crippen molar-refractivity contribution in [3.63, 3.8) is 0 Å². The van der Waals surface area contributed by atoms with Crippen LogP contribution in [0, 0.1) is 11.3 Å². The Labute approximate surface area is 236 Å². The molecule has 9 heteroatoms. The van der Waals surface area contributed by atoms with Crippen molar-refractivity contribution in [2.75, 3.05) is 11.5 Å². The minimum Gasteiger partial charge on any atom is -0.494 e. The fourth-order valence-corrected chi connectivity index (χ4v) is 6.00. The molecule has 1 heterocycles. The Kier molecular flexibility index (Phi) is 9.01. The third-order valence-electron chi connectivity index (χ3n) is 5.90. The van der Waals surface area contributed by atoms with Gasteiger partial charge in [-0.1, -0.05) is 65.3 Å². The van der Waals surface area contributed by atoms with Crippen LogP contribution in [0.4, 0.5) is 5.69 Å². The van der Waals surface area contributed by atoms with Gasteiger partial charge in [-0.05, 0) is 73.9 Å². The average Bonchev–Trinajstić information content (AvgIpc) is 3.20. The second-order valence-corrected chi connectivity index (χ2v) is 10.7. The molecule has 194 valence electrons. The number of hydrogen-bond donors (Lipinski definition) is 1. The summed E-state index contributed by atoms with van der Waals surface area (Å²) in [6.07, 6.45) is 0.321. The molecule has 1 aliphatic rings. The number of carbonyl (C=O) groups is 2. The van der Waals surface area contributed by atoms with E-state index in [-0.39, 0.29) is 22.6 Å². The molecule has 0 aliphatic carbocycles. The lowest BCUT2D eigenvalue weighted by Crippen LogP contribution is -2.32. The molecule has 38 heavy (non-hydrogen) atoms. The van der Waals surface area contributed by atoms with Crippen molar-refractivity contribution in [2.24, 2.45) is 0 Å². The standard InChI is InChI=1S/C29H25Cl2N3O3S/c1-3-37-24-11-9-23(10-12-24)34-28(36)26(15-19-13-21(30)16-22(31)14-19)38-29(34)25(17-32)27(35)33-18(2)20-7-5-4-6-8-20/h4-14,16,18,26H,3,15H2,1-2H3,(H,33,35)/b29-25-. The van der Waals surface area contributed by atoms with Crippen molar-refractivity contribution < 1.29 is 14.3 Å². The molecule has 2 amide bonds. The number of anilines is 1. The van der Waals surface area contributed by atoms with E-state index < -0.39 is 11.2 Å². The van der Waals surface area contributed by atoms with Crippen LogP contribution in [0.2, 0.25) is 10.0 Å². The lowest BCUT2D eigenvalue weighted by Gasteiger charge is -2.20.